The lowest BCUT2D eigenvalue weighted by molar-refractivity contribution is -0.153. The molecule has 0 bridgehead atoms. The van der Waals surface area contributed by atoms with E-state index in [0.29, 0.717) is 0 Å². The Morgan fingerprint density at radius 2 is 2.00 bits per heavy atom. The summed E-state index contributed by atoms with van der Waals surface area (Å²) < 4.78 is 5.37. The molecule has 0 aromatic rings. The fourth-order valence-electron chi connectivity index (χ4n) is 1.90. The van der Waals surface area contributed by atoms with Crippen LogP contribution in [0.25, 0.3) is 0 Å². The van der Waals surface area contributed by atoms with Gasteiger partial charge in [-0.3, -0.25) is 4.79 Å². The molecule has 0 amide bonds. The molecule has 0 spiro atoms. The van der Waals surface area contributed by atoms with Crippen molar-refractivity contribution < 1.29 is 9.53 Å². The lowest BCUT2D eigenvalue weighted by atomic mass is 9.85. The Labute approximate surface area is 86.0 Å². The fourth-order valence-corrected chi connectivity index (χ4v) is 1.90. The summed E-state index contributed by atoms with van der Waals surface area (Å²) >= 11 is 0. The van der Waals surface area contributed by atoms with Crippen molar-refractivity contribution in [2.24, 2.45) is 0 Å². The van der Waals surface area contributed by atoms with E-state index >= 15 is 0 Å². The predicted molar refractivity (Wildman–Crippen MR) is 55.6 cm³/mol. The number of hydrogen-bond acceptors (Lipinski definition) is 2. The lowest BCUT2D eigenvalue weighted by Gasteiger charge is -2.31. The molecular weight excluding hydrogens is 176 g/mol. The van der Waals surface area contributed by atoms with Crippen molar-refractivity contribution in [3.63, 3.8) is 0 Å². The largest absolute Gasteiger partial charge is 0.446 e. The second-order valence-corrected chi connectivity index (χ2v) is 3.80. The van der Waals surface area contributed by atoms with Gasteiger partial charge in [-0.25, -0.2) is 0 Å². The van der Waals surface area contributed by atoms with E-state index in [1.54, 1.807) is 0 Å². The standard InChI is InChI=1S/C12H18O2/c1-3-4-8-12(14-11(2)13)9-6-5-7-10-12/h3,5-7,9-10H2,1-2H3. The minimum absolute atomic E-state index is 0.211. The zero-order chi connectivity index (χ0) is 10.4. The van der Waals surface area contributed by atoms with Crippen LogP contribution in [0.15, 0.2) is 0 Å². The minimum atomic E-state index is -0.458. The average molecular weight is 194 g/mol. The van der Waals surface area contributed by atoms with Gasteiger partial charge in [0.05, 0.1) is 0 Å². The van der Waals surface area contributed by atoms with Crippen LogP contribution in [0.2, 0.25) is 0 Å². The molecule has 1 aliphatic rings. The summed E-state index contributed by atoms with van der Waals surface area (Å²) in [5, 5.41) is 0. The van der Waals surface area contributed by atoms with E-state index in [9.17, 15) is 4.79 Å². The molecule has 1 fully saturated rings. The normalized spacial score (nSPS) is 19.3. The van der Waals surface area contributed by atoms with Crippen LogP contribution >= 0.6 is 0 Å². The molecule has 0 aromatic carbocycles. The van der Waals surface area contributed by atoms with Crippen LogP contribution in [0, 0.1) is 11.8 Å². The molecule has 14 heavy (non-hydrogen) atoms. The summed E-state index contributed by atoms with van der Waals surface area (Å²) in [5.41, 5.74) is -0.458. The molecule has 78 valence electrons. The second-order valence-electron chi connectivity index (χ2n) is 3.80. The molecule has 1 aliphatic carbocycles. The van der Waals surface area contributed by atoms with Gasteiger partial charge in [-0.2, -0.15) is 0 Å². The highest BCUT2D eigenvalue weighted by atomic mass is 16.6. The van der Waals surface area contributed by atoms with Crippen molar-refractivity contribution in [3.8, 4) is 11.8 Å². The number of esters is 1. The smallest absolute Gasteiger partial charge is 0.304 e. The first kappa shape index (κ1) is 11.1. The molecular formula is C12H18O2. The van der Waals surface area contributed by atoms with Crippen molar-refractivity contribution in [2.45, 2.75) is 58.0 Å². The average Bonchev–Trinajstić information content (AvgIpc) is 2.15. The number of carbonyl (C=O) groups excluding carboxylic acids is 1. The first-order valence-electron chi connectivity index (χ1n) is 5.38. The number of hydrogen-bond donors (Lipinski definition) is 0. The van der Waals surface area contributed by atoms with Crippen LogP contribution in [0.4, 0.5) is 0 Å². The molecule has 0 radical (unpaired) electrons. The minimum Gasteiger partial charge on any atom is -0.446 e. The molecule has 0 aliphatic heterocycles. The van der Waals surface area contributed by atoms with Gasteiger partial charge in [-0.05, 0) is 25.7 Å². The third kappa shape index (κ3) is 3.06. The van der Waals surface area contributed by atoms with Gasteiger partial charge in [-0.1, -0.05) is 25.2 Å². The van der Waals surface area contributed by atoms with Gasteiger partial charge in [0.15, 0.2) is 5.60 Å². The Hall–Kier alpha value is -0.970. The topological polar surface area (TPSA) is 26.3 Å². The Bertz CT molecular complexity index is 251. The highest BCUT2D eigenvalue weighted by Crippen LogP contribution is 2.31. The van der Waals surface area contributed by atoms with Crippen LogP contribution in [0.5, 0.6) is 0 Å². The quantitative estimate of drug-likeness (QED) is 0.474. The van der Waals surface area contributed by atoms with Crippen LogP contribution in [0.3, 0.4) is 0 Å². The van der Waals surface area contributed by atoms with Crippen molar-refractivity contribution in [1.82, 2.24) is 0 Å². The fraction of sp³-hybridized carbons (Fsp3) is 0.750. The summed E-state index contributed by atoms with van der Waals surface area (Å²) in [6.45, 7) is 3.47. The van der Waals surface area contributed by atoms with E-state index in [4.69, 9.17) is 4.74 Å². The van der Waals surface area contributed by atoms with Gasteiger partial charge in [-0.15, -0.1) is 0 Å². The summed E-state index contributed by atoms with van der Waals surface area (Å²) in [5.74, 6) is 5.95. The summed E-state index contributed by atoms with van der Waals surface area (Å²) in [6, 6.07) is 0. The Morgan fingerprint density at radius 3 is 2.50 bits per heavy atom. The monoisotopic (exact) mass is 194 g/mol. The zero-order valence-corrected chi connectivity index (χ0v) is 9.06. The van der Waals surface area contributed by atoms with Gasteiger partial charge in [0, 0.05) is 13.3 Å². The Morgan fingerprint density at radius 1 is 1.36 bits per heavy atom. The van der Waals surface area contributed by atoms with E-state index in [2.05, 4.69) is 11.8 Å². The molecule has 0 heterocycles. The van der Waals surface area contributed by atoms with Gasteiger partial charge >= 0.3 is 5.97 Å². The van der Waals surface area contributed by atoms with Gasteiger partial charge in [0.2, 0.25) is 0 Å². The molecule has 0 atom stereocenters. The molecule has 2 nitrogen and oxygen atoms in total. The van der Waals surface area contributed by atoms with Crippen molar-refractivity contribution in [2.75, 3.05) is 0 Å². The number of rotatable bonds is 1. The maximum absolute atomic E-state index is 11.0. The van der Waals surface area contributed by atoms with Crippen molar-refractivity contribution >= 4 is 5.97 Å². The molecule has 1 rings (SSSR count). The number of carbonyl (C=O) groups is 1. The van der Waals surface area contributed by atoms with Crippen LogP contribution < -0.4 is 0 Å². The molecule has 2 heteroatoms. The van der Waals surface area contributed by atoms with Gasteiger partial charge in [0.1, 0.15) is 0 Å². The highest BCUT2D eigenvalue weighted by molar-refractivity contribution is 5.67. The zero-order valence-electron chi connectivity index (χ0n) is 9.06. The summed E-state index contributed by atoms with van der Waals surface area (Å²) in [6.07, 6.45) is 6.09. The second kappa shape index (κ2) is 5.05. The van der Waals surface area contributed by atoms with E-state index in [1.807, 2.05) is 6.92 Å². The Kier molecular flexibility index (Phi) is 4.00. The third-order valence-corrected chi connectivity index (χ3v) is 2.49. The first-order chi connectivity index (χ1) is 6.68. The van der Waals surface area contributed by atoms with E-state index in [1.165, 1.54) is 13.3 Å². The first-order valence-corrected chi connectivity index (χ1v) is 5.38. The Balaban J connectivity index is 2.71. The third-order valence-electron chi connectivity index (χ3n) is 2.49. The molecule has 0 saturated heterocycles. The molecule has 0 N–H and O–H groups in total. The predicted octanol–water partition coefficient (Wildman–Crippen LogP) is 2.67. The molecule has 1 saturated carbocycles. The van der Waals surface area contributed by atoms with E-state index in [-0.39, 0.29) is 5.97 Å². The van der Waals surface area contributed by atoms with Gasteiger partial charge < -0.3 is 4.74 Å². The van der Waals surface area contributed by atoms with Crippen LogP contribution in [-0.2, 0) is 9.53 Å². The van der Waals surface area contributed by atoms with Gasteiger partial charge in [0.25, 0.3) is 0 Å². The molecule has 0 aromatic heterocycles. The summed E-state index contributed by atoms with van der Waals surface area (Å²) in [4.78, 5) is 11.0. The highest BCUT2D eigenvalue weighted by Gasteiger charge is 2.32. The van der Waals surface area contributed by atoms with E-state index < -0.39 is 5.60 Å². The van der Waals surface area contributed by atoms with Crippen LogP contribution in [0.1, 0.15) is 52.4 Å². The maximum atomic E-state index is 11.0. The lowest BCUT2D eigenvalue weighted by Crippen LogP contribution is -2.35. The van der Waals surface area contributed by atoms with Crippen molar-refractivity contribution in [1.29, 1.82) is 0 Å². The van der Waals surface area contributed by atoms with Crippen molar-refractivity contribution in [3.05, 3.63) is 0 Å². The molecule has 0 unspecified atom stereocenters. The summed E-state index contributed by atoms with van der Waals surface area (Å²) in [7, 11) is 0. The van der Waals surface area contributed by atoms with Crippen LogP contribution in [-0.4, -0.2) is 11.6 Å². The maximum Gasteiger partial charge on any atom is 0.304 e. The van der Waals surface area contributed by atoms with E-state index in [0.717, 1.165) is 32.1 Å². The number of ether oxygens (including phenoxy) is 1. The SMILES string of the molecule is CCC#CC1(OC(C)=O)CCCCC1.